The summed E-state index contributed by atoms with van der Waals surface area (Å²) in [5.74, 6) is -0.531. The molecule has 0 unspecified atom stereocenters. The molecule has 6 nitrogen and oxygen atoms in total. The van der Waals surface area contributed by atoms with Crippen molar-refractivity contribution in [2.75, 3.05) is 13.1 Å². The van der Waals surface area contributed by atoms with Gasteiger partial charge in [0.05, 0.1) is 16.7 Å². The van der Waals surface area contributed by atoms with E-state index in [1.165, 1.54) is 23.8 Å². The molecule has 1 aliphatic rings. The van der Waals surface area contributed by atoms with E-state index in [1.807, 2.05) is 19.1 Å². The van der Waals surface area contributed by atoms with E-state index >= 15 is 0 Å². The van der Waals surface area contributed by atoms with Crippen LogP contribution in [0, 0.1) is 13.8 Å². The number of rotatable bonds is 6. The molecule has 1 aromatic heterocycles. The molecule has 0 saturated carbocycles. The average Bonchev–Trinajstić information content (AvgIpc) is 3.25. The minimum atomic E-state index is -0.531. The first-order chi connectivity index (χ1) is 13.0. The summed E-state index contributed by atoms with van der Waals surface area (Å²) in [6.45, 7) is 7.06. The molecule has 144 valence electrons. The summed E-state index contributed by atoms with van der Waals surface area (Å²) in [7, 11) is 0. The SMILES string of the molecule is Cc1nn(CCN2CCC[C@H]2c2ccc(C=CC(=O)NO)cc2)c(C)c1Br. The number of hydroxylamine groups is 1. The maximum atomic E-state index is 11.1. The van der Waals surface area contributed by atoms with Gasteiger partial charge >= 0.3 is 0 Å². The molecule has 0 radical (unpaired) electrons. The summed E-state index contributed by atoms with van der Waals surface area (Å²) in [5.41, 5.74) is 6.02. The van der Waals surface area contributed by atoms with Gasteiger partial charge in [0.2, 0.25) is 0 Å². The lowest BCUT2D eigenvalue weighted by Crippen LogP contribution is -2.27. The number of aryl methyl sites for hydroxylation is 1. The Labute approximate surface area is 168 Å². The molecule has 1 aromatic carbocycles. The van der Waals surface area contributed by atoms with Crippen molar-refractivity contribution in [1.29, 1.82) is 0 Å². The van der Waals surface area contributed by atoms with Crippen molar-refractivity contribution in [3.05, 3.63) is 57.3 Å². The Kier molecular flexibility index (Phi) is 6.46. The second-order valence-electron chi connectivity index (χ2n) is 6.88. The second-order valence-corrected chi connectivity index (χ2v) is 7.67. The highest BCUT2D eigenvalue weighted by atomic mass is 79.9. The molecule has 0 aliphatic carbocycles. The van der Waals surface area contributed by atoms with E-state index in [0.29, 0.717) is 6.04 Å². The number of hydrogen-bond acceptors (Lipinski definition) is 4. The van der Waals surface area contributed by atoms with Crippen molar-refractivity contribution in [3.63, 3.8) is 0 Å². The Bertz CT molecular complexity index is 829. The number of amides is 1. The lowest BCUT2D eigenvalue weighted by molar-refractivity contribution is -0.124. The number of nitrogens with zero attached hydrogens (tertiary/aromatic N) is 3. The van der Waals surface area contributed by atoms with E-state index in [-0.39, 0.29) is 0 Å². The van der Waals surface area contributed by atoms with Gasteiger partial charge in [-0.2, -0.15) is 5.10 Å². The molecular weight excluding hydrogens is 408 g/mol. The summed E-state index contributed by atoms with van der Waals surface area (Å²) in [5, 5.41) is 13.1. The van der Waals surface area contributed by atoms with Crippen molar-refractivity contribution in [1.82, 2.24) is 20.2 Å². The maximum absolute atomic E-state index is 11.1. The molecule has 27 heavy (non-hydrogen) atoms. The number of carbonyl (C=O) groups excluding carboxylic acids is 1. The second kappa shape index (κ2) is 8.82. The highest BCUT2D eigenvalue weighted by molar-refractivity contribution is 9.10. The number of likely N-dealkylation sites (tertiary alicyclic amines) is 1. The third kappa shape index (κ3) is 4.66. The summed E-state index contributed by atoms with van der Waals surface area (Å²) >= 11 is 3.59. The summed E-state index contributed by atoms with van der Waals surface area (Å²) in [4.78, 5) is 13.6. The summed E-state index contributed by atoms with van der Waals surface area (Å²) in [6, 6.07) is 8.68. The number of halogens is 1. The lowest BCUT2D eigenvalue weighted by Gasteiger charge is -2.25. The van der Waals surface area contributed by atoms with Gasteiger partial charge in [-0.05, 0) is 66.4 Å². The Morgan fingerprint density at radius 3 is 2.70 bits per heavy atom. The Balaban J connectivity index is 1.64. The fourth-order valence-corrected chi connectivity index (χ4v) is 3.91. The zero-order chi connectivity index (χ0) is 19.4. The zero-order valence-corrected chi connectivity index (χ0v) is 17.2. The molecule has 0 spiro atoms. The van der Waals surface area contributed by atoms with Crippen LogP contribution in [0.4, 0.5) is 0 Å². The molecule has 1 saturated heterocycles. The van der Waals surface area contributed by atoms with Gasteiger partial charge in [0, 0.05) is 24.4 Å². The minimum Gasteiger partial charge on any atom is -0.294 e. The molecule has 2 heterocycles. The van der Waals surface area contributed by atoms with Crippen LogP contribution in [0.15, 0.2) is 34.8 Å². The predicted octanol–water partition coefficient (Wildman–Crippen LogP) is 3.62. The van der Waals surface area contributed by atoms with Crippen LogP contribution >= 0.6 is 15.9 Å². The van der Waals surface area contributed by atoms with Gasteiger partial charge in [-0.1, -0.05) is 24.3 Å². The van der Waals surface area contributed by atoms with Gasteiger partial charge in [-0.15, -0.1) is 0 Å². The van der Waals surface area contributed by atoms with Crippen LogP contribution in [-0.2, 0) is 11.3 Å². The maximum Gasteiger partial charge on any atom is 0.267 e. The average molecular weight is 433 g/mol. The molecule has 2 N–H and O–H groups in total. The largest absolute Gasteiger partial charge is 0.294 e. The molecule has 1 atom stereocenters. The number of benzene rings is 1. The van der Waals surface area contributed by atoms with E-state index in [0.717, 1.165) is 41.8 Å². The smallest absolute Gasteiger partial charge is 0.267 e. The first-order valence-corrected chi connectivity index (χ1v) is 9.94. The van der Waals surface area contributed by atoms with Gasteiger partial charge in [0.1, 0.15) is 0 Å². The lowest BCUT2D eigenvalue weighted by atomic mass is 10.0. The molecular formula is C20H25BrN4O2. The summed E-state index contributed by atoms with van der Waals surface area (Å²) in [6.07, 6.45) is 5.35. The van der Waals surface area contributed by atoms with Crippen LogP contribution in [0.1, 0.15) is 41.4 Å². The van der Waals surface area contributed by atoms with E-state index in [9.17, 15) is 4.79 Å². The van der Waals surface area contributed by atoms with Crippen molar-refractivity contribution in [2.45, 2.75) is 39.3 Å². The number of nitrogens with one attached hydrogen (secondary N) is 1. The van der Waals surface area contributed by atoms with Crippen molar-refractivity contribution in [2.24, 2.45) is 0 Å². The van der Waals surface area contributed by atoms with E-state index in [2.05, 4.69) is 49.7 Å². The Morgan fingerprint density at radius 2 is 2.07 bits per heavy atom. The van der Waals surface area contributed by atoms with Crippen LogP contribution in [0.2, 0.25) is 0 Å². The first-order valence-electron chi connectivity index (χ1n) is 9.15. The van der Waals surface area contributed by atoms with Gasteiger partial charge in [0.25, 0.3) is 5.91 Å². The molecule has 1 fully saturated rings. The zero-order valence-electron chi connectivity index (χ0n) is 15.7. The Morgan fingerprint density at radius 1 is 1.33 bits per heavy atom. The quantitative estimate of drug-likeness (QED) is 0.415. The van der Waals surface area contributed by atoms with Gasteiger partial charge < -0.3 is 0 Å². The van der Waals surface area contributed by atoms with E-state index in [1.54, 1.807) is 11.6 Å². The number of carbonyl (C=O) groups is 1. The monoisotopic (exact) mass is 432 g/mol. The van der Waals surface area contributed by atoms with Crippen molar-refractivity contribution < 1.29 is 10.0 Å². The molecule has 1 aliphatic heterocycles. The van der Waals surface area contributed by atoms with Crippen LogP contribution in [0.5, 0.6) is 0 Å². The fourth-order valence-electron chi connectivity index (χ4n) is 3.63. The third-order valence-electron chi connectivity index (χ3n) is 5.11. The van der Waals surface area contributed by atoms with Crippen LogP contribution in [0.3, 0.4) is 0 Å². The molecule has 2 aromatic rings. The minimum absolute atomic E-state index is 0.421. The van der Waals surface area contributed by atoms with Gasteiger partial charge in [0.15, 0.2) is 0 Å². The number of aromatic nitrogens is 2. The topological polar surface area (TPSA) is 70.4 Å². The number of hydrogen-bond donors (Lipinski definition) is 2. The van der Waals surface area contributed by atoms with Crippen molar-refractivity contribution >= 4 is 27.9 Å². The summed E-state index contributed by atoms with van der Waals surface area (Å²) < 4.78 is 3.17. The van der Waals surface area contributed by atoms with Gasteiger partial charge in [-0.25, -0.2) is 5.48 Å². The van der Waals surface area contributed by atoms with E-state index < -0.39 is 5.91 Å². The van der Waals surface area contributed by atoms with Crippen LogP contribution in [-0.4, -0.2) is 38.9 Å². The predicted molar refractivity (Wildman–Crippen MR) is 108 cm³/mol. The van der Waals surface area contributed by atoms with E-state index in [4.69, 9.17) is 5.21 Å². The van der Waals surface area contributed by atoms with Crippen molar-refractivity contribution in [3.8, 4) is 0 Å². The fraction of sp³-hybridized carbons (Fsp3) is 0.400. The van der Waals surface area contributed by atoms with Crippen LogP contribution < -0.4 is 5.48 Å². The Hall–Kier alpha value is -1.96. The third-order valence-corrected chi connectivity index (χ3v) is 6.26. The van der Waals surface area contributed by atoms with Crippen LogP contribution in [0.25, 0.3) is 6.08 Å². The molecule has 3 rings (SSSR count). The molecule has 1 amide bonds. The highest BCUT2D eigenvalue weighted by Gasteiger charge is 2.25. The highest BCUT2D eigenvalue weighted by Crippen LogP contribution is 2.32. The standard InChI is InChI=1S/C20H25BrN4O2/c1-14-20(21)15(2)25(22-14)13-12-24-11-3-4-18(24)17-8-5-16(6-9-17)7-10-19(26)23-27/h5-10,18,27H,3-4,11-13H2,1-2H3,(H,23,26)/t18-/m0/s1. The normalized spacial score (nSPS) is 17.7. The van der Waals surface area contributed by atoms with Gasteiger partial charge in [-0.3, -0.25) is 19.6 Å². The molecule has 7 heteroatoms. The molecule has 0 bridgehead atoms. The first kappa shape index (κ1) is 19.8.